The molecule has 5 nitrogen and oxygen atoms in total. The number of rotatable bonds is 6. The first kappa shape index (κ1) is 19.2. The van der Waals surface area contributed by atoms with E-state index >= 15 is 0 Å². The Labute approximate surface area is 171 Å². The van der Waals surface area contributed by atoms with Crippen molar-refractivity contribution in [3.05, 3.63) is 72.2 Å². The van der Waals surface area contributed by atoms with Gasteiger partial charge < -0.3 is 18.6 Å². The van der Waals surface area contributed by atoms with Crippen molar-refractivity contribution in [3.8, 4) is 28.4 Å². The highest BCUT2D eigenvalue weighted by Gasteiger charge is 2.20. The predicted octanol–water partition coefficient (Wildman–Crippen LogP) is 4.87. The number of benzene rings is 2. The maximum absolute atomic E-state index is 6.05. The Kier molecular flexibility index (Phi) is 5.86. The minimum atomic E-state index is 0.621. The van der Waals surface area contributed by atoms with Crippen LogP contribution in [0.4, 0.5) is 0 Å². The molecule has 5 heteroatoms. The standard InChI is InChI=1S/C24H25NO4/c1-26-22-7-3-6-18(15-22)19-14-20-17-25(10-4-8-21-9-5-12-28-21)11-13-29-24(20)23(16-19)27-2/h3-9,12,14-16H,10-11,13,17H2,1-2H3/b8-4+. The summed E-state index contributed by atoms with van der Waals surface area (Å²) in [6.45, 7) is 3.06. The van der Waals surface area contributed by atoms with E-state index in [1.54, 1.807) is 20.5 Å². The second kappa shape index (κ2) is 8.88. The lowest BCUT2D eigenvalue weighted by Gasteiger charge is -2.18. The molecule has 1 aromatic heterocycles. The largest absolute Gasteiger partial charge is 0.497 e. The summed E-state index contributed by atoms with van der Waals surface area (Å²) < 4.78 is 22.4. The van der Waals surface area contributed by atoms with E-state index in [9.17, 15) is 0 Å². The van der Waals surface area contributed by atoms with E-state index in [0.717, 1.165) is 59.3 Å². The molecule has 0 bridgehead atoms. The first-order valence-electron chi connectivity index (χ1n) is 9.67. The third-order valence-electron chi connectivity index (χ3n) is 4.99. The van der Waals surface area contributed by atoms with Crippen LogP contribution in [0.2, 0.25) is 0 Å². The zero-order chi connectivity index (χ0) is 20.1. The molecule has 0 aliphatic carbocycles. The molecule has 2 heterocycles. The van der Waals surface area contributed by atoms with E-state index in [1.807, 2.05) is 42.5 Å². The van der Waals surface area contributed by atoms with Crippen molar-refractivity contribution in [1.29, 1.82) is 0 Å². The Balaban J connectivity index is 1.60. The highest BCUT2D eigenvalue weighted by molar-refractivity contribution is 5.70. The zero-order valence-electron chi connectivity index (χ0n) is 16.8. The van der Waals surface area contributed by atoms with Crippen LogP contribution in [0.5, 0.6) is 17.2 Å². The highest BCUT2D eigenvalue weighted by Crippen LogP contribution is 2.38. The Morgan fingerprint density at radius 1 is 1.03 bits per heavy atom. The Bertz CT molecular complexity index is 979. The van der Waals surface area contributed by atoms with Crippen molar-refractivity contribution in [2.45, 2.75) is 6.54 Å². The molecular formula is C24H25NO4. The van der Waals surface area contributed by atoms with Crippen LogP contribution in [-0.4, -0.2) is 38.8 Å². The van der Waals surface area contributed by atoms with Gasteiger partial charge in [-0.25, -0.2) is 0 Å². The summed E-state index contributed by atoms with van der Waals surface area (Å²) in [7, 11) is 3.36. The number of methoxy groups -OCH3 is 2. The van der Waals surface area contributed by atoms with Gasteiger partial charge in [0.25, 0.3) is 0 Å². The number of hydrogen-bond donors (Lipinski definition) is 0. The summed E-state index contributed by atoms with van der Waals surface area (Å²) in [6.07, 6.45) is 5.80. The number of ether oxygens (including phenoxy) is 3. The fourth-order valence-corrected chi connectivity index (χ4v) is 3.52. The number of hydrogen-bond acceptors (Lipinski definition) is 5. The molecule has 1 aliphatic rings. The first-order chi connectivity index (χ1) is 14.3. The van der Waals surface area contributed by atoms with Crippen LogP contribution in [0.15, 0.2) is 65.3 Å². The minimum absolute atomic E-state index is 0.621. The van der Waals surface area contributed by atoms with Gasteiger partial charge in [-0.05, 0) is 53.6 Å². The van der Waals surface area contributed by atoms with Crippen LogP contribution in [0.25, 0.3) is 17.2 Å². The summed E-state index contributed by atoms with van der Waals surface area (Å²) in [5.41, 5.74) is 3.28. The molecular weight excluding hydrogens is 366 g/mol. The first-order valence-corrected chi connectivity index (χ1v) is 9.67. The topological polar surface area (TPSA) is 44.1 Å². The summed E-state index contributed by atoms with van der Waals surface area (Å²) in [6, 6.07) is 16.1. The van der Waals surface area contributed by atoms with Crippen molar-refractivity contribution in [1.82, 2.24) is 4.90 Å². The van der Waals surface area contributed by atoms with Crippen LogP contribution in [0.1, 0.15) is 11.3 Å². The molecule has 0 fully saturated rings. The lowest BCUT2D eigenvalue weighted by molar-refractivity contribution is 0.238. The second-order valence-electron chi connectivity index (χ2n) is 6.90. The molecule has 0 saturated heterocycles. The average Bonchev–Trinajstić information content (AvgIpc) is 3.19. The van der Waals surface area contributed by atoms with Gasteiger partial charge in [0.05, 0.1) is 20.5 Å². The van der Waals surface area contributed by atoms with E-state index in [2.05, 4.69) is 23.1 Å². The number of fused-ring (bicyclic) bond motifs is 1. The van der Waals surface area contributed by atoms with Gasteiger partial charge in [0.1, 0.15) is 18.1 Å². The van der Waals surface area contributed by atoms with E-state index in [0.29, 0.717) is 6.61 Å². The molecule has 4 rings (SSSR count). The smallest absolute Gasteiger partial charge is 0.165 e. The maximum Gasteiger partial charge on any atom is 0.165 e. The average molecular weight is 391 g/mol. The summed E-state index contributed by atoms with van der Waals surface area (Å²) in [4.78, 5) is 2.35. The van der Waals surface area contributed by atoms with Crippen molar-refractivity contribution >= 4 is 6.08 Å². The third-order valence-corrected chi connectivity index (χ3v) is 4.99. The molecule has 150 valence electrons. The normalized spacial score (nSPS) is 14.3. The minimum Gasteiger partial charge on any atom is -0.497 e. The molecule has 1 aliphatic heterocycles. The molecule has 0 unspecified atom stereocenters. The molecule has 0 saturated carbocycles. The number of furan rings is 1. The highest BCUT2D eigenvalue weighted by atomic mass is 16.5. The Hall–Kier alpha value is -3.18. The lowest BCUT2D eigenvalue weighted by atomic mass is 10.0. The molecule has 2 aromatic carbocycles. The predicted molar refractivity (Wildman–Crippen MR) is 113 cm³/mol. The van der Waals surface area contributed by atoms with Crippen LogP contribution in [0.3, 0.4) is 0 Å². The van der Waals surface area contributed by atoms with E-state index in [-0.39, 0.29) is 0 Å². The van der Waals surface area contributed by atoms with Gasteiger partial charge >= 0.3 is 0 Å². The van der Waals surface area contributed by atoms with E-state index in [1.165, 1.54) is 0 Å². The summed E-state index contributed by atoms with van der Waals surface area (Å²) in [5.74, 6) is 3.28. The van der Waals surface area contributed by atoms with Gasteiger partial charge in [0.15, 0.2) is 11.5 Å². The molecule has 29 heavy (non-hydrogen) atoms. The SMILES string of the molecule is COc1cccc(-c2cc3c(c(OC)c2)OCCN(C/C=C/c2ccco2)C3)c1. The lowest BCUT2D eigenvalue weighted by Crippen LogP contribution is -2.25. The quantitative estimate of drug-likeness (QED) is 0.600. The molecule has 0 spiro atoms. The Morgan fingerprint density at radius 3 is 2.76 bits per heavy atom. The van der Waals surface area contributed by atoms with Gasteiger partial charge in [-0.1, -0.05) is 18.2 Å². The molecule has 0 atom stereocenters. The van der Waals surface area contributed by atoms with Gasteiger partial charge in [-0.15, -0.1) is 0 Å². The fraction of sp³-hybridized carbons (Fsp3) is 0.250. The van der Waals surface area contributed by atoms with Crippen LogP contribution in [-0.2, 0) is 6.54 Å². The number of nitrogens with zero attached hydrogens (tertiary/aromatic N) is 1. The summed E-state index contributed by atoms with van der Waals surface area (Å²) >= 11 is 0. The van der Waals surface area contributed by atoms with Crippen LogP contribution < -0.4 is 14.2 Å². The van der Waals surface area contributed by atoms with Crippen molar-refractivity contribution in [3.63, 3.8) is 0 Å². The fourth-order valence-electron chi connectivity index (χ4n) is 3.52. The van der Waals surface area contributed by atoms with Crippen molar-refractivity contribution < 1.29 is 18.6 Å². The van der Waals surface area contributed by atoms with Gasteiger partial charge in [0, 0.05) is 25.2 Å². The summed E-state index contributed by atoms with van der Waals surface area (Å²) in [5, 5.41) is 0. The third kappa shape index (κ3) is 4.46. The maximum atomic E-state index is 6.05. The van der Waals surface area contributed by atoms with Gasteiger partial charge in [0.2, 0.25) is 0 Å². The molecule has 0 amide bonds. The molecule has 0 radical (unpaired) electrons. The van der Waals surface area contributed by atoms with Crippen molar-refractivity contribution in [2.24, 2.45) is 0 Å². The zero-order valence-corrected chi connectivity index (χ0v) is 16.8. The monoisotopic (exact) mass is 391 g/mol. The molecule has 3 aromatic rings. The van der Waals surface area contributed by atoms with Crippen LogP contribution in [0, 0.1) is 0 Å². The van der Waals surface area contributed by atoms with Gasteiger partial charge in [-0.2, -0.15) is 0 Å². The van der Waals surface area contributed by atoms with Crippen molar-refractivity contribution in [2.75, 3.05) is 33.9 Å². The Morgan fingerprint density at radius 2 is 1.97 bits per heavy atom. The molecule has 0 N–H and O–H groups in total. The second-order valence-corrected chi connectivity index (χ2v) is 6.90. The van der Waals surface area contributed by atoms with E-state index < -0.39 is 0 Å². The van der Waals surface area contributed by atoms with Gasteiger partial charge in [-0.3, -0.25) is 4.90 Å². The van der Waals surface area contributed by atoms with Crippen LogP contribution >= 0.6 is 0 Å². The van der Waals surface area contributed by atoms with E-state index in [4.69, 9.17) is 18.6 Å².